The molecule has 2 atom stereocenters. The predicted molar refractivity (Wildman–Crippen MR) is 121 cm³/mol. The summed E-state index contributed by atoms with van der Waals surface area (Å²) in [5.41, 5.74) is 1.66. The highest BCUT2D eigenvalue weighted by molar-refractivity contribution is 6.34. The molecule has 1 heterocycles. The first-order valence-electron chi connectivity index (χ1n) is 10.5. The zero-order chi connectivity index (χ0) is 23.0. The van der Waals surface area contributed by atoms with E-state index in [0.717, 1.165) is 5.56 Å². The standard InChI is InChI=1S/C26H23ClF2O3/c1-4-12-31-19-11-10-17(15(3)30)22(25(19)29)23-21-14(2)26(16-8-6-5-7-9-16)32-20(21)13-18(28)24(23)27/h5-11,13-14,26H,4,12H2,1-3H3/t14-,26?/m0/s1. The van der Waals surface area contributed by atoms with Crippen LogP contribution in [0.3, 0.4) is 0 Å². The summed E-state index contributed by atoms with van der Waals surface area (Å²) in [6.45, 7) is 5.47. The van der Waals surface area contributed by atoms with Crippen LogP contribution < -0.4 is 9.47 Å². The number of hydrogen-bond acceptors (Lipinski definition) is 3. The molecule has 0 radical (unpaired) electrons. The van der Waals surface area contributed by atoms with E-state index in [1.807, 2.05) is 44.2 Å². The lowest BCUT2D eigenvalue weighted by Gasteiger charge is -2.19. The van der Waals surface area contributed by atoms with Crippen LogP contribution in [-0.2, 0) is 0 Å². The second-order valence-electron chi connectivity index (χ2n) is 7.90. The maximum atomic E-state index is 15.7. The van der Waals surface area contributed by atoms with Gasteiger partial charge in [0.05, 0.1) is 11.6 Å². The smallest absolute Gasteiger partial charge is 0.173 e. The molecule has 32 heavy (non-hydrogen) atoms. The summed E-state index contributed by atoms with van der Waals surface area (Å²) in [7, 11) is 0. The van der Waals surface area contributed by atoms with Crippen molar-refractivity contribution in [3.63, 3.8) is 0 Å². The quantitative estimate of drug-likeness (QED) is 0.360. The third-order valence-electron chi connectivity index (χ3n) is 5.71. The topological polar surface area (TPSA) is 35.5 Å². The molecule has 0 aromatic heterocycles. The van der Waals surface area contributed by atoms with Gasteiger partial charge in [-0.25, -0.2) is 8.78 Å². The van der Waals surface area contributed by atoms with Gasteiger partial charge in [0, 0.05) is 34.2 Å². The molecule has 3 nitrogen and oxygen atoms in total. The van der Waals surface area contributed by atoms with Crippen LogP contribution in [0.4, 0.5) is 8.78 Å². The SMILES string of the molecule is CCCOc1ccc(C(C)=O)c(-c2c(Cl)c(F)cc3c2[C@H](C)C(c2ccccc2)O3)c1F. The van der Waals surface area contributed by atoms with Crippen LogP contribution in [0.15, 0.2) is 48.5 Å². The van der Waals surface area contributed by atoms with Gasteiger partial charge in [0.2, 0.25) is 0 Å². The fraction of sp³-hybridized carbons (Fsp3) is 0.269. The summed E-state index contributed by atoms with van der Waals surface area (Å²) in [6, 6.07) is 13.7. The van der Waals surface area contributed by atoms with E-state index in [-0.39, 0.29) is 44.9 Å². The van der Waals surface area contributed by atoms with Gasteiger partial charge in [0.25, 0.3) is 0 Å². The number of ether oxygens (including phenoxy) is 2. The first-order chi connectivity index (χ1) is 15.3. The molecule has 0 saturated carbocycles. The molecule has 166 valence electrons. The Morgan fingerprint density at radius 3 is 2.50 bits per heavy atom. The van der Waals surface area contributed by atoms with E-state index >= 15 is 4.39 Å². The molecular weight excluding hydrogens is 434 g/mol. The third-order valence-corrected chi connectivity index (χ3v) is 6.08. The predicted octanol–water partition coefficient (Wildman–Crippen LogP) is 7.51. The van der Waals surface area contributed by atoms with E-state index in [9.17, 15) is 9.18 Å². The van der Waals surface area contributed by atoms with Crippen molar-refractivity contribution in [3.8, 4) is 22.6 Å². The lowest BCUT2D eigenvalue weighted by molar-refractivity contribution is 0.101. The fourth-order valence-electron chi connectivity index (χ4n) is 4.22. The first kappa shape index (κ1) is 22.3. The minimum Gasteiger partial charge on any atom is -0.491 e. The van der Waals surface area contributed by atoms with Crippen LogP contribution >= 0.6 is 11.6 Å². The maximum Gasteiger partial charge on any atom is 0.173 e. The average Bonchev–Trinajstić information content (AvgIpc) is 3.10. The summed E-state index contributed by atoms with van der Waals surface area (Å²) in [5.74, 6) is -1.82. The van der Waals surface area contributed by atoms with Gasteiger partial charge in [0.1, 0.15) is 17.7 Å². The van der Waals surface area contributed by atoms with E-state index in [1.54, 1.807) is 0 Å². The Balaban J connectivity index is 1.97. The van der Waals surface area contributed by atoms with E-state index in [2.05, 4.69) is 0 Å². The van der Waals surface area contributed by atoms with Gasteiger partial charge in [-0.15, -0.1) is 0 Å². The number of halogens is 3. The molecule has 1 aliphatic heterocycles. The van der Waals surface area contributed by atoms with Gasteiger partial charge >= 0.3 is 0 Å². The highest BCUT2D eigenvalue weighted by atomic mass is 35.5. The molecule has 0 saturated heterocycles. The third kappa shape index (κ3) is 3.75. The van der Waals surface area contributed by atoms with Crippen molar-refractivity contribution in [1.82, 2.24) is 0 Å². The number of carbonyl (C=O) groups is 1. The number of rotatable bonds is 6. The Hall–Kier alpha value is -2.92. The van der Waals surface area contributed by atoms with Gasteiger partial charge in [-0.2, -0.15) is 0 Å². The molecule has 0 aliphatic carbocycles. The summed E-state index contributed by atoms with van der Waals surface area (Å²) < 4.78 is 42.3. The molecule has 0 bridgehead atoms. The van der Waals surface area contributed by atoms with Crippen molar-refractivity contribution in [3.05, 3.63) is 81.9 Å². The minimum atomic E-state index is -0.741. The zero-order valence-corrected chi connectivity index (χ0v) is 18.8. The van der Waals surface area contributed by atoms with Gasteiger partial charge in [-0.3, -0.25) is 4.79 Å². The van der Waals surface area contributed by atoms with Crippen LogP contribution in [0, 0.1) is 11.6 Å². The van der Waals surface area contributed by atoms with Crippen molar-refractivity contribution >= 4 is 17.4 Å². The van der Waals surface area contributed by atoms with Crippen molar-refractivity contribution in [1.29, 1.82) is 0 Å². The number of benzene rings is 3. The summed E-state index contributed by atoms with van der Waals surface area (Å²) in [5, 5.41) is -0.248. The second-order valence-corrected chi connectivity index (χ2v) is 8.28. The largest absolute Gasteiger partial charge is 0.491 e. The molecular formula is C26H23ClF2O3. The van der Waals surface area contributed by atoms with Crippen molar-refractivity contribution in [2.75, 3.05) is 6.61 Å². The molecule has 0 amide bonds. The molecule has 1 unspecified atom stereocenters. The van der Waals surface area contributed by atoms with Crippen LogP contribution in [0.5, 0.6) is 11.5 Å². The van der Waals surface area contributed by atoms with E-state index in [0.29, 0.717) is 18.6 Å². The lowest BCUT2D eigenvalue weighted by atomic mass is 9.85. The average molecular weight is 457 g/mol. The van der Waals surface area contributed by atoms with Crippen LogP contribution in [-0.4, -0.2) is 12.4 Å². The zero-order valence-electron chi connectivity index (χ0n) is 18.0. The molecule has 6 heteroatoms. The molecule has 4 rings (SSSR count). The molecule has 0 fully saturated rings. The second kappa shape index (κ2) is 8.91. The molecule has 3 aromatic carbocycles. The number of Topliss-reactive ketones (excluding diaryl/α,β-unsaturated/α-hetero) is 1. The Kier molecular flexibility index (Phi) is 6.20. The normalized spacial score (nSPS) is 17.1. The number of carbonyl (C=O) groups excluding carboxylic acids is 1. The van der Waals surface area contributed by atoms with Crippen molar-refractivity contribution in [2.45, 2.75) is 39.2 Å². The summed E-state index contributed by atoms with van der Waals surface area (Å²) in [4.78, 5) is 12.4. The molecule has 0 spiro atoms. The summed E-state index contributed by atoms with van der Waals surface area (Å²) in [6.07, 6.45) is 0.286. The van der Waals surface area contributed by atoms with E-state index < -0.39 is 17.7 Å². The Bertz CT molecular complexity index is 1180. The maximum absolute atomic E-state index is 15.7. The number of ketones is 1. The van der Waals surface area contributed by atoms with Gasteiger partial charge in [-0.05, 0) is 31.0 Å². The van der Waals surface area contributed by atoms with Gasteiger partial charge in [-0.1, -0.05) is 55.8 Å². The van der Waals surface area contributed by atoms with Crippen LogP contribution in [0.2, 0.25) is 5.02 Å². The van der Waals surface area contributed by atoms with Crippen LogP contribution in [0.1, 0.15) is 60.7 Å². The van der Waals surface area contributed by atoms with E-state index in [4.69, 9.17) is 21.1 Å². The Morgan fingerprint density at radius 2 is 1.84 bits per heavy atom. The summed E-state index contributed by atoms with van der Waals surface area (Å²) >= 11 is 6.43. The number of fused-ring (bicyclic) bond motifs is 1. The highest BCUT2D eigenvalue weighted by Crippen LogP contribution is 2.54. The molecule has 3 aromatic rings. The number of hydrogen-bond donors (Lipinski definition) is 0. The molecule has 1 aliphatic rings. The van der Waals surface area contributed by atoms with Crippen LogP contribution in [0.25, 0.3) is 11.1 Å². The first-order valence-corrected chi connectivity index (χ1v) is 10.9. The Morgan fingerprint density at radius 1 is 1.12 bits per heavy atom. The van der Waals surface area contributed by atoms with E-state index in [1.165, 1.54) is 25.1 Å². The highest BCUT2D eigenvalue weighted by Gasteiger charge is 2.38. The lowest BCUT2D eigenvalue weighted by Crippen LogP contribution is -2.08. The van der Waals surface area contributed by atoms with Gasteiger partial charge in [0.15, 0.2) is 17.3 Å². The minimum absolute atomic E-state index is 0.00731. The van der Waals surface area contributed by atoms with Crippen molar-refractivity contribution < 1.29 is 23.0 Å². The fourth-order valence-corrected chi connectivity index (χ4v) is 4.47. The van der Waals surface area contributed by atoms with Crippen molar-refractivity contribution in [2.24, 2.45) is 0 Å². The monoisotopic (exact) mass is 456 g/mol. The van der Waals surface area contributed by atoms with Gasteiger partial charge < -0.3 is 9.47 Å². The Labute approximate surface area is 190 Å². The molecule has 0 N–H and O–H groups in total.